The van der Waals surface area contributed by atoms with Crippen molar-refractivity contribution in [3.05, 3.63) is 45.7 Å². The van der Waals surface area contributed by atoms with E-state index in [2.05, 4.69) is 22.1 Å². The fourth-order valence-corrected chi connectivity index (χ4v) is 4.28. The van der Waals surface area contributed by atoms with Crippen LogP contribution in [0.5, 0.6) is 0 Å². The van der Waals surface area contributed by atoms with E-state index in [0.29, 0.717) is 23.1 Å². The second kappa shape index (κ2) is 7.90. The van der Waals surface area contributed by atoms with Gasteiger partial charge in [-0.05, 0) is 18.7 Å². The maximum Gasteiger partial charge on any atom is 0.341 e. The second-order valence-electron chi connectivity index (χ2n) is 6.75. The van der Waals surface area contributed by atoms with Crippen molar-refractivity contribution in [3.63, 3.8) is 0 Å². The van der Waals surface area contributed by atoms with Crippen LogP contribution in [-0.4, -0.2) is 64.5 Å². The summed E-state index contributed by atoms with van der Waals surface area (Å²) in [7, 11) is 1.69. The minimum Gasteiger partial charge on any atom is -0.477 e. The minimum absolute atomic E-state index is 0.0305. The topological polar surface area (TPSA) is 110 Å². The Hall–Kier alpha value is -2.82. The van der Waals surface area contributed by atoms with Crippen molar-refractivity contribution in [3.8, 4) is 5.13 Å². The minimum atomic E-state index is -1.28. The third-order valence-electron chi connectivity index (χ3n) is 5.05. The van der Waals surface area contributed by atoms with E-state index in [-0.39, 0.29) is 23.1 Å². The van der Waals surface area contributed by atoms with Crippen LogP contribution in [0.2, 0.25) is 0 Å². The molecule has 0 radical (unpaired) electrons. The number of aromatic carboxylic acids is 1. The highest BCUT2D eigenvalue weighted by atomic mass is 32.1. The summed E-state index contributed by atoms with van der Waals surface area (Å²) in [4.78, 5) is 35.3. The van der Waals surface area contributed by atoms with Gasteiger partial charge in [-0.15, -0.1) is 11.3 Å². The lowest BCUT2D eigenvalue weighted by molar-refractivity contribution is 0.0695. The maximum absolute atomic E-state index is 12.7. The first-order valence-corrected chi connectivity index (χ1v) is 10.1. The van der Waals surface area contributed by atoms with Crippen LogP contribution in [0.1, 0.15) is 17.3 Å². The first-order chi connectivity index (χ1) is 14.0. The lowest BCUT2D eigenvalue weighted by atomic mass is 10.2. The van der Waals surface area contributed by atoms with E-state index in [9.17, 15) is 14.7 Å². The molecule has 2 atom stereocenters. The van der Waals surface area contributed by atoms with Gasteiger partial charge in [0.25, 0.3) is 0 Å². The number of hydrogen-bond acceptors (Lipinski definition) is 8. The normalized spacial score (nSPS) is 19.2. The Bertz CT molecular complexity index is 1100. The number of fused-ring (bicyclic) bond motifs is 1. The molecule has 9 nitrogen and oxygen atoms in total. The number of carboxylic acid groups (broad SMARTS) is 1. The van der Waals surface area contributed by atoms with E-state index in [1.54, 1.807) is 35.4 Å². The van der Waals surface area contributed by atoms with Gasteiger partial charge in [0, 0.05) is 38.0 Å². The Morgan fingerprint density at radius 2 is 2.24 bits per heavy atom. The van der Waals surface area contributed by atoms with Crippen LogP contribution in [0.15, 0.2) is 34.7 Å². The third-order valence-corrected chi connectivity index (χ3v) is 5.82. The molecule has 0 unspecified atom stereocenters. The molecule has 4 heterocycles. The van der Waals surface area contributed by atoms with Crippen LogP contribution >= 0.6 is 11.3 Å². The molecule has 3 aromatic rings. The molecule has 1 aliphatic heterocycles. The molecule has 0 amide bonds. The number of thiazole rings is 1. The number of carbonyl (C=O) groups is 1. The van der Waals surface area contributed by atoms with E-state index in [4.69, 9.17) is 9.72 Å². The summed E-state index contributed by atoms with van der Waals surface area (Å²) in [5, 5.41) is 15.4. The zero-order valence-electron chi connectivity index (χ0n) is 16.0. The molecule has 1 aliphatic rings. The molecule has 3 aromatic heterocycles. The van der Waals surface area contributed by atoms with Crippen LogP contribution in [0.25, 0.3) is 16.2 Å². The Balaban J connectivity index is 1.83. The Morgan fingerprint density at radius 1 is 1.41 bits per heavy atom. The predicted molar refractivity (Wildman–Crippen MR) is 110 cm³/mol. The van der Waals surface area contributed by atoms with Gasteiger partial charge in [-0.2, -0.15) is 0 Å². The number of pyridine rings is 2. The summed E-state index contributed by atoms with van der Waals surface area (Å²) in [6.45, 7) is 4.28. The van der Waals surface area contributed by atoms with E-state index in [1.807, 2.05) is 0 Å². The molecule has 0 aliphatic carbocycles. The Kier molecular flexibility index (Phi) is 5.31. The molecule has 1 saturated heterocycles. The van der Waals surface area contributed by atoms with E-state index >= 15 is 0 Å². The molecule has 0 spiro atoms. The fraction of sp³-hybridized carbons (Fsp3) is 0.368. The van der Waals surface area contributed by atoms with Crippen molar-refractivity contribution < 1.29 is 14.6 Å². The van der Waals surface area contributed by atoms with Crippen LogP contribution < -0.4 is 15.6 Å². The number of anilines is 1. The van der Waals surface area contributed by atoms with Gasteiger partial charge in [0.2, 0.25) is 5.43 Å². The summed E-state index contributed by atoms with van der Waals surface area (Å²) in [6.07, 6.45) is 2.95. The highest BCUT2D eigenvalue weighted by Gasteiger charge is 2.33. The fourth-order valence-electron chi connectivity index (χ4n) is 3.66. The summed E-state index contributed by atoms with van der Waals surface area (Å²) < 4.78 is 7.17. The second-order valence-corrected chi connectivity index (χ2v) is 7.62. The molecular weight excluding hydrogens is 394 g/mol. The molecule has 0 bridgehead atoms. The average molecular weight is 415 g/mol. The highest BCUT2D eigenvalue weighted by Crippen LogP contribution is 2.24. The standard InChI is InChI=1S/C19H21N5O4S/c1-3-20-13-9-23(10-14(13)28-2)15-5-4-11-16(25)12(18(26)27)8-24(17(11)22-15)19-21-6-7-29-19/h4-8,13-14,20H,3,9-10H2,1-2H3,(H,26,27)/t13-,14-/m0/s1. The summed E-state index contributed by atoms with van der Waals surface area (Å²) in [5.41, 5.74) is -0.482. The summed E-state index contributed by atoms with van der Waals surface area (Å²) >= 11 is 1.34. The van der Waals surface area contributed by atoms with Crippen LogP contribution in [0.4, 0.5) is 5.82 Å². The Morgan fingerprint density at radius 3 is 2.90 bits per heavy atom. The summed E-state index contributed by atoms with van der Waals surface area (Å²) in [5.74, 6) is -0.574. The maximum atomic E-state index is 12.7. The average Bonchev–Trinajstić information content (AvgIpc) is 3.38. The zero-order valence-corrected chi connectivity index (χ0v) is 16.8. The van der Waals surface area contributed by atoms with Gasteiger partial charge in [0.15, 0.2) is 10.8 Å². The molecule has 10 heteroatoms. The van der Waals surface area contributed by atoms with Gasteiger partial charge >= 0.3 is 5.97 Å². The number of ether oxygens (including phenoxy) is 1. The van der Waals surface area contributed by atoms with Gasteiger partial charge in [-0.1, -0.05) is 6.92 Å². The largest absolute Gasteiger partial charge is 0.477 e. The third kappa shape index (κ3) is 3.50. The number of likely N-dealkylation sites (N-methyl/N-ethyl adjacent to an activating group) is 1. The van der Waals surface area contributed by atoms with Crippen molar-refractivity contribution in [2.75, 3.05) is 31.6 Å². The number of nitrogens with one attached hydrogen (secondary N) is 1. The Labute approximate surface area is 170 Å². The van der Waals surface area contributed by atoms with E-state index < -0.39 is 11.4 Å². The van der Waals surface area contributed by atoms with Crippen LogP contribution in [-0.2, 0) is 4.74 Å². The van der Waals surface area contributed by atoms with E-state index in [1.165, 1.54) is 17.5 Å². The molecule has 2 N–H and O–H groups in total. The van der Waals surface area contributed by atoms with Crippen LogP contribution in [0.3, 0.4) is 0 Å². The predicted octanol–water partition coefficient (Wildman–Crippen LogP) is 1.35. The first-order valence-electron chi connectivity index (χ1n) is 9.24. The molecule has 0 saturated carbocycles. The first kappa shape index (κ1) is 19.5. The smallest absolute Gasteiger partial charge is 0.341 e. The molecule has 4 rings (SSSR count). The highest BCUT2D eigenvalue weighted by molar-refractivity contribution is 7.12. The van der Waals surface area contributed by atoms with Crippen LogP contribution in [0, 0.1) is 0 Å². The number of methoxy groups -OCH3 is 1. The summed E-state index contributed by atoms with van der Waals surface area (Å²) in [6, 6.07) is 3.57. The lowest BCUT2D eigenvalue weighted by Gasteiger charge is -2.18. The number of aromatic nitrogens is 3. The van der Waals surface area contributed by atoms with Crippen molar-refractivity contribution in [2.24, 2.45) is 0 Å². The molecule has 0 aromatic carbocycles. The van der Waals surface area contributed by atoms with Gasteiger partial charge in [0.05, 0.1) is 17.5 Å². The number of nitrogens with zero attached hydrogens (tertiary/aromatic N) is 4. The van der Waals surface area contributed by atoms with E-state index in [0.717, 1.165) is 13.1 Å². The number of carboxylic acids is 1. The van der Waals surface area contributed by atoms with Crippen molar-refractivity contribution in [1.82, 2.24) is 19.9 Å². The van der Waals surface area contributed by atoms with Gasteiger partial charge in [0.1, 0.15) is 11.4 Å². The van der Waals surface area contributed by atoms with Gasteiger partial charge < -0.3 is 20.1 Å². The van der Waals surface area contributed by atoms with Crippen molar-refractivity contribution in [1.29, 1.82) is 0 Å². The van der Waals surface area contributed by atoms with Crippen molar-refractivity contribution >= 4 is 34.2 Å². The monoisotopic (exact) mass is 415 g/mol. The quantitative estimate of drug-likeness (QED) is 0.621. The number of rotatable bonds is 6. The molecular formula is C19H21N5O4S. The van der Waals surface area contributed by atoms with Gasteiger partial charge in [-0.25, -0.2) is 14.8 Å². The van der Waals surface area contributed by atoms with Gasteiger partial charge in [-0.3, -0.25) is 9.36 Å². The molecule has 152 valence electrons. The molecule has 1 fully saturated rings. The zero-order chi connectivity index (χ0) is 20.5. The SMILES string of the molecule is CCN[C@H]1CN(c2ccc3c(=O)c(C(=O)O)cn(-c4nccs4)c3n2)C[C@@H]1OC. The lowest BCUT2D eigenvalue weighted by Crippen LogP contribution is -2.39. The number of hydrogen-bond donors (Lipinski definition) is 2. The van der Waals surface area contributed by atoms with Crippen molar-refractivity contribution in [2.45, 2.75) is 19.1 Å². The molecule has 29 heavy (non-hydrogen) atoms.